The van der Waals surface area contributed by atoms with E-state index in [4.69, 9.17) is 0 Å². The van der Waals surface area contributed by atoms with Gasteiger partial charge in [-0.15, -0.1) is 0 Å². The molecular formula is C18H30NOP. The molecule has 118 valence electrons. The van der Waals surface area contributed by atoms with Gasteiger partial charge in [-0.1, -0.05) is 45.0 Å². The van der Waals surface area contributed by atoms with E-state index in [9.17, 15) is 4.57 Å². The number of benzene rings is 1. The molecule has 21 heavy (non-hydrogen) atoms. The molecule has 2 rings (SSSR count). The van der Waals surface area contributed by atoms with Crippen molar-refractivity contribution in [3.63, 3.8) is 0 Å². The normalized spacial score (nSPS) is 27.5. The molecule has 1 aromatic carbocycles. The van der Waals surface area contributed by atoms with Crippen LogP contribution in [0.25, 0.3) is 0 Å². The summed E-state index contributed by atoms with van der Waals surface area (Å²) >= 11 is 0. The fourth-order valence-corrected chi connectivity index (χ4v) is 5.88. The third-order valence-corrected chi connectivity index (χ3v) is 8.07. The molecule has 0 aliphatic carbocycles. The Morgan fingerprint density at radius 1 is 1.24 bits per heavy atom. The van der Waals surface area contributed by atoms with Crippen molar-refractivity contribution in [1.29, 1.82) is 0 Å². The van der Waals surface area contributed by atoms with Crippen LogP contribution in [0.15, 0.2) is 24.3 Å². The van der Waals surface area contributed by atoms with Crippen LogP contribution in [0.4, 0.5) is 0 Å². The summed E-state index contributed by atoms with van der Waals surface area (Å²) in [5.74, 6) is 0.512. The van der Waals surface area contributed by atoms with E-state index in [-0.39, 0.29) is 0 Å². The summed E-state index contributed by atoms with van der Waals surface area (Å²) < 4.78 is 13.0. The van der Waals surface area contributed by atoms with E-state index in [0.29, 0.717) is 18.0 Å². The molecule has 1 fully saturated rings. The van der Waals surface area contributed by atoms with Gasteiger partial charge >= 0.3 is 0 Å². The Hall–Kier alpha value is -0.590. The maximum Gasteiger partial charge on any atom is 0.0906 e. The van der Waals surface area contributed by atoms with Crippen molar-refractivity contribution in [1.82, 2.24) is 4.90 Å². The maximum absolute atomic E-state index is 13.0. The largest absolute Gasteiger partial charge is 0.323 e. The van der Waals surface area contributed by atoms with Crippen LogP contribution in [0, 0.1) is 0 Å². The molecule has 3 heteroatoms. The van der Waals surface area contributed by atoms with Crippen molar-refractivity contribution in [3.8, 4) is 0 Å². The second-order valence-corrected chi connectivity index (χ2v) is 10.5. The molecule has 0 aromatic heterocycles. The zero-order valence-electron chi connectivity index (χ0n) is 14.2. The van der Waals surface area contributed by atoms with Gasteiger partial charge in [-0.05, 0) is 37.1 Å². The molecule has 0 amide bonds. The number of hydrogen-bond acceptors (Lipinski definition) is 2. The van der Waals surface area contributed by atoms with E-state index in [1.807, 2.05) is 0 Å². The lowest BCUT2D eigenvalue weighted by Crippen LogP contribution is -2.43. The Labute approximate surface area is 130 Å². The summed E-state index contributed by atoms with van der Waals surface area (Å²) in [4.78, 5) is 2.55. The smallest absolute Gasteiger partial charge is 0.0906 e. The zero-order chi connectivity index (χ0) is 15.6. The predicted octanol–water partition coefficient (Wildman–Crippen LogP) is 4.96. The van der Waals surface area contributed by atoms with Gasteiger partial charge in [0, 0.05) is 31.0 Å². The second kappa shape index (κ2) is 6.67. The third-order valence-electron chi connectivity index (χ3n) is 4.89. The Balaban J connectivity index is 2.43. The minimum absolute atomic E-state index is 0.322. The van der Waals surface area contributed by atoms with E-state index in [1.54, 1.807) is 0 Å². The highest BCUT2D eigenvalue weighted by Gasteiger charge is 2.37. The molecule has 0 radical (unpaired) electrons. The summed E-state index contributed by atoms with van der Waals surface area (Å²) in [7, 11) is -1.98. The first-order valence-corrected chi connectivity index (χ1v) is 10.6. The first kappa shape index (κ1) is 16.8. The fraction of sp³-hybridized carbons (Fsp3) is 0.667. The monoisotopic (exact) mass is 307 g/mol. The van der Waals surface area contributed by atoms with Crippen molar-refractivity contribution in [2.24, 2.45) is 0 Å². The van der Waals surface area contributed by atoms with Crippen LogP contribution in [0.1, 0.15) is 57.7 Å². The van der Waals surface area contributed by atoms with E-state index in [2.05, 4.69) is 63.8 Å². The topological polar surface area (TPSA) is 20.3 Å². The summed E-state index contributed by atoms with van der Waals surface area (Å²) in [5, 5.41) is 0. The summed E-state index contributed by atoms with van der Waals surface area (Å²) in [5.41, 5.74) is 2.81. The molecular weight excluding hydrogens is 277 g/mol. The molecule has 1 aliphatic rings. The van der Waals surface area contributed by atoms with Crippen molar-refractivity contribution >= 4 is 7.14 Å². The van der Waals surface area contributed by atoms with Gasteiger partial charge in [0.1, 0.15) is 0 Å². The first-order valence-electron chi connectivity index (χ1n) is 8.29. The van der Waals surface area contributed by atoms with Crippen molar-refractivity contribution < 1.29 is 4.57 Å². The zero-order valence-corrected chi connectivity index (χ0v) is 15.1. The molecule has 0 bridgehead atoms. The average Bonchev–Trinajstić information content (AvgIpc) is 2.46. The molecule has 0 saturated carbocycles. The van der Waals surface area contributed by atoms with Crippen LogP contribution in [0.5, 0.6) is 0 Å². The lowest BCUT2D eigenvalue weighted by molar-refractivity contribution is 0.167. The van der Waals surface area contributed by atoms with Gasteiger partial charge in [-0.3, -0.25) is 4.90 Å². The van der Waals surface area contributed by atoms with Crippen LogP contribution in [0.3, 0.4) is 0 Å². The van der Waals surface area contributed by atoms with Crippen molar-refractivity contribution in [2.45, 2.75) is 52.6 Å². The minimum Gasteiger partial charge on any atom is -0.323 e. The van der Waals surface area contributed by atoms with Crippen LogP contribution >= 0.6 is 7.14 Å². The summed E-state index contributed by atoms with van der Waals surface area (Å²) in [6.07, 6.45) is 2.59. The molecule has 2 nitrogen and oxygen atoms in total. The first-order chi connectivity index (χ1) is 9.88. The molecule has 2 unspecified atom stereocenters. The van der Waals surface area contributed by atoms with Crippen molar-refractivity contribution in [3.05, 3.63) is 35.4 Å². The molecule has 0 N–H and O–H groups in total. The number of rotatable bonds is 4. The lowest BCUT2D eigenvalue weighted by Gasteiger charge is -2.43. The second-order valence-electron chi connectivity index (χ2n) is 6.91. The summed E-state index contributed by atoms with van der Waals surface area (Å²) in [6.45, 7) is 12.1. The Kier molecular flexibility index (Phi) is 5.33. The lowest BCUT2D eigenvalue weighted by atomic mass is 9.92. The number of hydrogen-bond donors (Lipinski definition) is 0. The molecule has 1 aliphatic heterocycles. The van der Waals surface area contributed by atoms with Crippen molar-refractivity contribution in [2.75, 3.05) is 25.0 Å². The van der Waals surface area contributed by atoms with Crippen LogP contribution in [-0.2, 0) is 4.57 Å². The average molecular weight is 307 g/mol. The molecule has 2 atom stereocenters. The third kappa shape index (κ3) is 3.60. The van der Waals surface area contributed by atoms with Crippen LogP contribution in [0.2, 0.25) is 0 Å². The van der Waals surface area contributed by atoms with Gasteiger partial charge < -0.3 is 4.57 Å². The summed E-state index contributed by atoms with van der Waals surface area (Å²) in [6, 6.07) is 9.57. The Bertz CT molecular complexity index is 524. The highest BCUT2D eigenvalue weighted by Crippen LogP contribution is 2.53. The molecule has 1 aromatic rings. The van der Waals surface area contributed by atoms with E-state index < -0.39 is 7.14 Å². The highest BCUT2D eigenvalue weighted by atomic mass is 31.2. The standard InChI is InChI=1S/C18H30NOP/c1-6-21(20)12-11-19(15(4)5)18(13-21)17-10-8-7-9-16(17)14(2)3/h7-10,14-15,18H,6,11-13H2,1-5H3. The molecule has 1 heterocycles. The van der Waals surface area contributed by atoms with Gasteiger partial charge in [-0.2, -0.15) is 0 Å². The van der Waals surface area contributed by atoms with E-state index in [0.717, 1.165) is 25.0 Å². The minimum atomic E-state index is -1.98. The van der Waals surface area contributed by atoms with Crippen LogP contribution in [-0.4, -0.2) is 36.0 Å². The fourth-order valence-electron chi connectivity index (χ4n) is 3.49. The molecule has 1 saturated heterocycles. The van der Waals surface area contributed by atoms with E-state index >= 15 is 0 Å². The SMILES string of the molecule is CCP1(=O)CCN(C(C)C)C(c2ccccc2C(C)C)C1. The van der Waals surface area contributed by atoms with Gasteiger partial charge in [0.2, 0.25) is 0 Å². The van der Waals surface area contributed by atoms with Gasteiger partial charge in [0.15, 0.2) is 0 Å². The van der Waals surface area contributed by atoms with Crippen LogP contribution < -0.4 is 0 Å². The van der Waals surface area contributed by atoms with Gasteiger partial charge in [-0.25, -0.2) is 0 Å². The van der Waals surface area contributed by atoms with Gasteiger partial charge in [0.05, 0.1) is 7.14 Å². The predicted molar refractivity (Wildman–Crippen MR) is 93.0 cm³/mol. The Morgan fingerprint density at radius 2 is 1.90 bits per heavy atom. The van der Waals surface area contributed by atoms with Gasteiger partial charge in [0.25, 0.3) is 0 Å². The maximum atomic E-state index is 13.0. The quantitative estimate of drug-likeness (QED) is 0.733. The Morgan fingerprint density at radius 3 is 2.48 bits per heavy atom. The van der Waals surface area contributed by atoms with E-state index in [1.165, 1.54) is 11.1 Å². The molecule has 0 spiro atoms. The number of nitrogens with zero attached hydrogens (tertiary/aromatic N) is 1. The highest BCUT2D eigenvalue weighted by molar-refractivity contribution is 7.64.